The van der Waals surface area contributed by atoms with Crippen molar-refractivity contribution >= 4 is 17.0 Å². The predicted octanol–water partition coefficient (Wildman–Crippen LogP) is 5.31. The molecule has 1 aromatic heterocycles. The summed E-state index contributed by atoms with van der Waals surface area (Å²) in [5.41, 5.74) is 9.20. The molecule has 102 valence electrons. The van der Waals surface area contributed by atoms with Crippen molar-refractivity contribution in [2.75, 3.05) is 0 Å². The summed E-state index contributed by atoms with van der Waals surface area (Å²) in [6, 6.07) is 11.2. The van der Waals surface area contributed by atoms with Crippen LogP contribution in [0.4, 0.5) is 0 Å². The summed E-state index contributed by atoms with van der Waals surface area (Å²) in [6.07, 6.45) is 7.47. The highest BCUT2D eigenvalue weighted by molar-refractivity contribution is 6.01. The quantitative estimate of drug-likeness (QED) is 0.540. The molecular formula is C20H16O. The van der Waals surface area contributed by atoms with Crippen LogP contribution in [0.5, 0.6) is 0 Å². The van der Waals surface area contributed by atoms with Crippen molar-refractivity contribution in [1.29, 1.82) is 0 Å². The fraction of sp³-hybridized carbons (Fsp3) is 0.200. The third kappa shape index (κ3) is 1.27. The average molecular weight is 272 g/mol. The second-order valence-corrected chi connectivity index (χ2v) is 6.66. The molecule has 0 unspecified atom stereocenters. The van der Waals surface area contributed by atoms with E-state index in [2.05, 4.69) is 56.3 Å². The van der Waals surface area contributed by atoms with Gasteiger partial charge in [-0.3, -0.25) is 0 Å². The van der Waals surface area contributed by atoms with Gasteiger partial charge >= 0.3 is 0 Å². The summed E-state index contributed by atoms with van der Waals surface area (Å²) in [5, 5.41) is 1.29. The lowest BCUT2D eigenvalue weighted by atomic mass is 9.69. The monoisotopic (exact) mass is 272 g/mol. The van der Waals surface area contributed by atoms with Crippen molar-refractivity contribution in [3.05, 3.63) is 64.9 Å². The first kappa shape index (κ1) is 11.4. The van der Waals surface area contributed by atoms with E-state index in [1.807, 2.05) is 6.26 Å². The zero-order chi connectivity index (χ0) is 14.2. The van der Waals surface area contributed by atoms with E-state index in [0.29, 0.717) is 0 Å². The van der Waals surface area contributed by atoms with Gasteiger partial charge in [0.2, 0.25) is 0 Å². The van der Waals surface area contributed by atoms with Crippen LogP contribution in [0, 0.1) is 0 Å². The number of benzene rings is 2. The number of rotatable bonds is 0. The summed E-state index contributed by atoms with van der Waals surface area (Å²) >= 11 is 0. The van der Waals surface area contributed by atoms with Gasteiger partial charge in [-0.1, -0.05) is 38.1 Å². The van der Waals surface area contributed by atoms with E-state index in [1.54, 1.807) is 0 Å². The number of fused-ring (bicyclic) bond motifs is 3. The minimum Gasteiger partial charge on any atom is -0.464 e. The highest BCUT2D eigenvalue weighted by Gasteiger charge is 2.35. The molecule has 2 aliphatic carbocycles. The van der Waals surface area contributed by atoms with E-state index in [9.17, 15) is 0 Å². The van der Waals surface area contributed by atoms with E-state index in [4.69, 9.17) is 4.42 Å². The Morgan fingerprint density at radius 2 is 1.95 bits per heavy atom. The lowest BCUT2D eigenvalue weighted by molar-refractivity contribution is 0.616. The maximum atomic E-state index is 5.81. The average Bonchev–Trinajstić information content (AvgIpc) is 3.10. The summed E-state index contributed by atoms with van der Waals surface area (Å²) in [5.74, 6) is 0. The Hall–Kier alpha value is -2.28. The van der Waals surface area contributed by atoms with Gasteiger partial charge in [0.1, 0.15) is 5.58 Å². The third-order valence-electron chi connectivity index (χ3n) is 5.15. The van der Waals surface area contributed by atoms with Gasteiger partial charge in [0.25, 0.3) is 0 Å². The van der Waals surface area contributed by atoms with Crippen LogP contribution in [0.2, 0.25) is 0 Å². The Bertz CT molecular complexity index is 938. The Morgan fingerprint density at radius 3 is 2.86 bits per heavy atom. The summed E-state index contributed by atoms with van der Waals surface area (Å²) < 4.78 is 5.81. The Kier molecular flexibility index (Phi) is 1.89. The smallest absolute Gasteiger partial charge is 0.134 e. The van der Waals surface area contributed by atoms with Crippen molar-refractivity contribution in [1.82, 2.24) is 0 Å². The molecule has 0 atom stereocenters. The van der Waals surface area contributed by atoms with Gasteiger partial charge in [0.15, 0.2) is 0 Å². The highest BCUT2D eigenvalue weighted by Crippen LogP contribution is 2.50. The molecule has 0 amide bonds. The standard InChI is InChI=1S/C20H16O/c1-20(2)16-7-4-8-18-19(16)15(11-21-18)14-9-12-5-3-6-13(12)10-17(14)20/h3-4,6-11H,5H2,1-2H3. The lowest BCUT2D eigenvalue weighted by Crippen LogP contribution is -2.23. The van der Waals surface area contributed by atoms with Crippen molar-refractivity contribution < 1.29 is 4.42 Å². The highest BCUT2D eigenvalue weighted by atomic mass is 16.3. The van der Waals surface area contributed by atoms with Crippen LogP contribution >= 0.6 is 0 Å². The Morgan fingerprint density at radius 1 is 1.05 bits per heavy atom. The van der Waals surface area contributed by atoms with Crippen LogP contribution < -0.4 is 0 Å². The molecule has 0 radical (unpaired) electrons. The van der Waals surface area contributed by atoms with Gasteiger partial charge in [-0.05, 0) is 52.4 Å². The third-order valence-corrected chi connectivity index (χ3v) is 5.15. The van der Waals surface area contributed by atoms with Crippen LogP contribution in [0.15, 0.2) is 47.1 Å². The van der Waals surface area contributed by atoms with Gasteiger partial charge in [0, 0.05) is 16.4 Å². The van der Waals surface area contributed by atoms with E-state index in [-0.39, 0.29) is 5.41 Å². The number of hydrogen-bond donors (Lipinski definition) is 0. The maximum Gasteiger partial charge on any atom is 0.134 e. The second kappa shape index (κ2) is 3.48. The molecule has 3 aromatic rings. The predicted molar refractivity (Wildman–Crippen MR) is 86.5 cm³/mol. The molecule has 0 fully saturated rings. The molecule has 0 aliphatic heterocycles. The SMILES string of the molecule is CC1(C)c2cc3c(cc2-c2coc4cccc1c24)CC=C3. The maximum absolute atomic E-state index is 5.81. The summed E-state index contributed by atoms with van der Waals surface area (Å²) in [4.78, 5) is 0. The van der Waals surface area contributed by atoms with Gasteiger partial charge in [0.05, 0.1) is 6.26 Å². The molecule has 0 N–H and O–H groups in total. The van der Waals surface area contributed by atoms with Gasteiger partial charge in [-0.25, -0.2) is 0 Å². The molecular weight excluding hydrogens is 256 g/mol. The zero-order valence-corrected chi connectivity index (χ0v) is 12.2. The fourth-order valence-corrected chi connectivity index (χ4v) is 4.00. The van der Waals surface area contributed by atoms with Crippen molar-refractivity contribution in [3.63, 3.8) is 0 Å². The normalized spacial score (nSPS) is 17.0. The van der Waals surface area contributed by atoms with Crippen molar-refractivity contribution in [2.24, 2.45) is 0 Å². The number of furan rings is 1. The first-order valence-electron chi connectivity index (χ1n) is 7.51. The van der Waals surface area contributed by atoms with Gasteiger partial charge < -0.3 is 4.42 Å². The summed E-state index contributed by atoms with van der Waals surface area (Å²) in [7, 11) is 0. The van der Waals surface area contributed by atoms with Gasteiger partial charge in [-0.2, -0.15) is 0 Å². The molecule has 0 spiro atoms. The minimum absolute atomic E-state index is 0.0111. The second-order valence-electron chi connectivity index (χ2n) is 6.66. The minimum atomic E-state index is 0.0111. The van der Waals surface area contributed by atoms with Crippen LogP contribution in [-0.2, 0) is 11.8 Å². The molecule has 2 aliphatic rings. The van der Waals surface area contributed by atoms with Crippen LogP contribution in [0.3, 0.4) is 0 Å². The van der Waals surface area contributed by atoms with E-state index >= 15 is 0 Å². The van der Waals surface area contributed by atoms with Crippen LogP contribution in [0.25, 0.3) is 28.2 Å². The first-order chi connectivity index (χ1) is 10.2. The lowest BCUT2D eigenvalue weighted by Gasteiger charge is -2.33. The molecule has 0 saturated heterocycles. The molecule has 5 rings (SSSR count). The molecule has 0 saturated carbocycles. The van der Waals surface area contributed by atoms with Gasteiger partial charge in [-0.15, -0.1) is 0 Å². The van der Waals surface area contributed by atoms with Crippen molar-refractivity contribution in [3.8, 4) is 11.1 Å². The number of allylic oxidation sites excluding steroid dienone is 1. The number of hydrogen-bond acceptors (Lipinski definition) is 1. The molecule has 2 aromatic carbocycles. The topological polar surface area (TPSA) is 13.1 Å². The Labute approximate surface area is 123 Å². The molecule has 1 heterocycles. The largest absolute Gasteiger partial charge is 0.464 e. The molecule has 1 nitrogen and oxygen atoms in total. The van der Waals surface area contributed by atoms with Crippen molar-refractivity contribution in [2.45, 2.75) is 25.7 Å². The van der Waals surface area contributed by atoms with Crippen LogP contribution in [-0.4, -0.2) is 0 Å². The molecule has 1 heteroatoms. The summed E-state index contributed by atoms with van der Waals surface area (Å²) in [6.45, 7) is 4.64. The fourth-order valence-electron chi connectivity index (χ4n) is 4.00. The van der Waals surface area contributed by atoms with E-state index < -0.39 is 0 Å². The molecule has 21 heavy (non-hydrogen) atoms. The first-order valence-corrected chi connectivity index (χ1v) is 7.51. The Balaban J connectivity index is 1.98. The van der Waals surface area contributed by atoms with Crippen LogP contribution in [0.1, 0.15) is 36.1 Å². The zero-order valence-electron chi connectivity index (χ0n) is 12.2. The molecule has 0 bridgehead atoms. The van der Waals surface area contributed by atoms with E-state index in [1.165, 1.54) is 38.8 Å². The van der Waals surface area contributed by atoms with E-state index in [0.717, 1.165) is 12.0 Å².